The number of amides is 1. The van der Waals surface area contributed by atoms with Crippen molar-refractivity contribution < 1.29 is 9.18 Å². The van der Waals surface area contributed by atoms with Gasteiger partial charge >= 0.3 is 0 Å². The minimum absolute atomic E-state index is 0.224. The molecule has 6 heteroatoms. The third-order valence-corrected chi connectivity index (χ3v) is 3.23. The van der Waals surface area contributed by atoms with E-state index >= 15 is 0 Å². The Morgan fingerprint density at radius 1 is 1.20 bits per heavy atom. The van der Waals surface area contributed by atoms with Crippen molar-refractivity contribution >= 4 is 38.9 Å². The molecule has 0 aliphatic heterocycles. The standard InChI is InChI=1S/C14H13BrFN3O/c1-18-14(20)8-2-4-13(11(17)6-8)19-12-5-3-9(15)7-10(12)16/h2-7,19H,17H2,1H3,(H,18,20). The SMILES string of the molecule is CNC(=O)c1ccc(Nc2ccc(Br)cc2F)c(N)c1. The van der Waals surface area contributed by atoms with Gasteiger partial charge in [-0.2, -0.15) is 0 Å². The zero-order valence-electron chi connectivity index (χ0n) is 10.7. The van der Waals surface area contributed by atoms with E-state index in [4.69, 9.17) is 5.73 Å². The first-order chi connectivity index (χ1) is 9.51. The van der Waals surface area contributed by atoms with E-state index < -0.39 is 5.82 Å². The summed E-state index contributed by atoms with van der Waals surface area (Å²) >= 11 is 3.19. The molecule has 2 aromatic carbocycles. The average molecular weight is 338 g/mol. The fraction of sp³-hybridized carbons (Fsp3) is 0.0714. The first-order valence-corrected chi connectivity index (χ1v) is 6.64. The molecule has 20 heavy (non-hydrogen) atoms. The highest BCUT2D eigenvalue weighted by Crippen LogP contribution is 2.27. The number of benzene rings is 2. The number of rotatable bonds is 3. The van der Waals surface area contributed by atoms with Crippen LogP contribution in [-0.2, 0) is 0 Å². The quantitative estimate of drug-likeness (QED) is 0.753. The van der Waals surface area contributed by atoms with Crippen LogP contribution in [0, 0.1) is 5.82 Å². The highest BCUT2D eigenvalue weighted by molar-refractivity contribution is 9.10. The highest BCUT2D eigenvalue weighted by atomic mass is 79.9. The molecular weight excluding hydrogens is 325 g/mol. The highest BCUT2D eigenvalue weighted by Gasteiger charge is 2.08. The Labute approximate surface area is 124 Å². The number of carbonyl (C=O) groups is 1. The average Bonchev–Trinajstić information content (AvgIpc) is 2.42. The van der Waals surface area contributed by atoms with Gasteiger partial charge in [0.25, 0.3) is 5.91 Å². The fourth-order valence-corrected chi connectivity index (χ4v) is 2.03. The largest absolute Gasteiger partial charge is 0.397 e. The molecule has 0 fully saturated rings. The minimum Gasteiger partial charge on any atom is -0.397 e. The molecule has 4 nitrogen and oxygen atoms in total. The van der Waals surface area contributed by atoms with E-state index in [2.05, 4.69) is 26.6 Å². The van der Waals surface area contributed by atoms with Gasteiger partial charge in [-0.3, -0.25) is 4.79 Å². The van der Waals surface area contributed by atoms with Crippen LogP contribution in [0.25, 0.3) is 0 Å². The minimum atomic E-state index is -0.394. The summed E-state index contributed by atoms with van der Waals surface area (Å²) in [6.07, 6.45) is 0. The lowest BCUT2D eigenvalue weighted by Crippen LogP contribution is -2.18. The molecule has 0 unspecified atom stereocenters. The maximum absolute atomic E-state index is 13.7. The summed E-state index contributed by atoms with van der Waals surface area (Å²) in [4.78, 5) is 11.5. The van der Waals surface area contributed by atoms with Gasteiger partial charge < -0.3 is 16.4 Å². The molecule has 0 aliphatic carbocycles. The lowest BCUT2D eigenvalue weighted by molar-refractivity contribution is 0.0963. The molecular formula is C14H13BrFN3O. The van der Waals surface area contributed by atoms with E-state index in [9.17, 15) is 9.18 Å². The topological polar surface area (TPSA) is 67.2 Å². The molecule has 0 radical (unpaired) electrons. The third-order valence-electron chi connectivity index (χ3n) is 2.74. The first-order valence-electron chi connectivity index (χ1n) is 5.85. The van der Waals surface area contributed by atoms with Crippen LogP contribution >= 0.6 is 15.9 Å². The van der Waals surface area contributed by atoms with Gasteiger partial charge in [-0.25, -0.2) is 4.39 Å². The van der Waals surface area contributed by atoms with E-state index in [1.807, 2.05) is 0 Å². The van der Waals surface area contributed by atoms with E-state index in [0.29, 0.717) is 27.1 Å². The van der Waals surface area contributed by atoms with Gasteiger partial charge in [-0.15, -0.1) is 0 Å². The van der Waals surface area contributed by atoms with Crippen LogP contribution in [0.4, 0.5) is 21.5 Å². The van der Waals surface area contributed by atoms with Gasteiger partial charge in [-0.05, 0) is 36.4 Å². The van der Waals surface area contributed by atoms with Gasteiger partial charge in [-0.1, -0.05) is 15.9 Å². The molecule has 0 bridgehead atoms. The first kappa shape index (κ1) is 14.3. The molecule has 104 valence electrons. The number of hydrogen-bond acceptors (Lipinski definition) is 3. The van der Waals surface area contributed by atoms with Crippen LogP contribution in [0.15, 0.2) is 40.9 Å². The predicted molar refractivity (Wildman–Crippen MR) is 81.6 cm³/mol. The third kappa shape index (κ3) is 3.08. The Kier molecular flexibility index (Phi) is 4.24. The molecule has 0 spiro atoms. The molecule has 0 aliphatic rings. The number of halogens is 2. The lowest BCUT2D eigenvalue weighted by atomic mass is 10.1. The number of nitrogen functional groups attached to an aromatic ring is 1. The van der Waals surface area contributed by atoms with E-state index in [1.165, 1.54) is 12.1 Å². The predicted octanol–water partition coefficient (Wildman–Crippen LogP) is 3.27. The van der Waals surface area contributed by atoms with Gasteiger partial charge in [0.15, 0.2) is 0 Å². The molecule has 2 rings (SSSR count). The summed E-state index contributed by atoms with van der Waals surface area (Å²) in [5.74, 6) is -0.618. The number of anilines is 3. The van der Waals surface area contributed by atoms with Crippen molar-refractivity contribution in [3.05, 3.63) is 52.3 Å². The smallest absolute Gasteiger partial charge is 0.251 e. The zero-order chi connectivity index (χ0) is 14.7. The molecule has 0 saturated heterocycles. The van der Waals surface area contributed by atoms with Gasteiger partial charge in [0, 0.05) is 17.1 Å². The van der Waals surface area contributed by atoms with E-state index in [-0.39, 0.29) is 5.91 Å². The Balaban J connectivity index is 2.28. The van der Waals surface area contributed by atoms with Crippen molar-refractivity contribution in [3.63, 3.8) is 0 Å². The number of nitrogens with one attached hydrogen (secondary N) is 2. The summed E-state index contributed by atoms with van der Waals surface area (Å²) in [7, 11) is 1.54. The maximum atomic E-state index is 13.7. The Morgan fingerprint density at radius 2 is 1.90 bits per heavy atom. The second-order valence-electron chi connectivity index (χ2n) is 4.13. The van der Waals surface area contributed by atoms with Crippen molar-refractivity contribution in [1.82, 2.24) is 5.32 Å². The van der Waals surface area contributed by atoms with Crippen LogP contribution in [0.5, 0.6) is 0 Å². The second-order valence-corrected chi connectivity index (χ2v) is 5.05. The normalized spacial score (nSPS) is 10.2. The van der Waals surface area contributed by atoms with Crippen LogP contribution < -0.4 is 16.4 Å². The molecule has 4 N–H and O–H groups in total. The Bertz CT molecular complexity index is 661. The molecule has 0 saturated carbocycles. The maximum Gasteiger partial charge on any atom is 0.251 e. The summed E-state index contributed by atoms with van der Waals surface area (Å²) < 4.78 is 14.4. The van der Waals surface area contributed by atoms with Gasteiger partial charge in [0.1, 0.15) is 5.82 Å². The van der Waals surface area contributed by atoms with E-state index in [1.54, 1.807) is 31.3 Å². The van der Waals surface area contributed by atoms with Crippen molar-refractivity contribution in [2.45, 2.75) is 0 Å². The zero-order valence-corrected chi connectivity index (χ0v) is 12.3. The number of hydrogen-bond donors (Lipinski definition) is 3. The monoisotopic (exact) mass is 337 g/mol. The molecule has 0 heterocycles. The van der Waals surface area contributed by atoms with E-state index in [0.717, 1.165) is 0 Å². The summed E-state index contributed by atoms with van der Waals surface area (Å²) in [5, 5.41) is 5.41. The lowest BCUT2D eigenvalue weighted by Gasteiger charge is -2.11. The number of nitrogens with two attached hydrogens (primary N) is 1. The Morgan fingerprint density at radius 3 is 2.50 bits per heavy atom. The van der Waals surface area contributed by atoms with Crippen molar-refractivity contribution in [2.75, 3.05) is 18.1 Å². The van der Waals surface area contributed by atoms with Crippen LogP contribution in [0.2, 0.25) is 0 Å². The van der Waals surface area contributed by atoms with Crippen LogP contribution in [0.3, 0.4) is 0 Å². The van der Waals surface area contributed by atoms with Crippen molar-refractivity contribution in [2.24, 2.45) is 0 Å². The second kappa shape index (κ2) is 5.92. The number of carbonyl (C=O) groups excluding carboxylic acids is 1. The molecule has 2 aromatic rings. The van der Waals surface area contributed by atoms with Gasteiger partial charge in [0.2, 0.25) is 0 Å². The molecule has 0 atom stereocenters. The molecule has 0 aromatic heterocycles. The summed E-state index contributed by atoms with van der Waals surface area (Å²) in [6, 6.07) is 9.48. The van der Waals surface area contributed by atoms with Crippen molar-refractivity contribution in [3.8, 4) is 0 Å². The summed E-state index contributed by atoms with van der Waals surface area (Å²) in [6.45, 7) is 0. The van der Waals surface area contributed by atoms with Crippen LogP contribution in [-0.4, -0.2) is 13.0 Å². The molecule has 1 amide bonds. The van der Waals surface area contributed by atoms with Gasteiger partial charge in [0.05, 0.1) is 17.1 Å². The van der Waals surface area contributed by atoms with Crippen molar-refractivity contribution in [1.29, 1.82) is 0 Å². The Hall–Kier alpha value is -2.08. The fourth-order valence-electron chi connectivity index (χ4n) is 1.70. The van der Waals surface area contributed by atoms with Crippen LogP contribution in [0.1, 0.15) is 10.4 Å². The summed E-state index contributed by atoms with van der Waals surface area (Å²) in [5.41, 5.74) is 7.54.